The molecule has 0 N–H and O–H groups in total. The van der Waals surface area contributed by atoms with Gasteiger partial charge in [-0.25, -0.2) is 0 Å². The third-order valence-corrected chi connectivity index (χ3v) is 3.58. The molecule has 2 rings (SSSR count). The number of anilines is 1. The fourth-order valence-electron chi connectivity index (χ4n) is 2.10. The molecule has 0 aliphatic carbocycles. The van der Waals surface area contributed by atoms with Crippen molar-refractivity contribution in [2.24, 2.45) is 0 Å². The van der Waals surface area contributed by atoms with E-state index in [9.17, 15) is 0 Å². The lowest BCUT2D eigenvalue weighted by molar-refractivity contribution is 0.408. The van der Waals surface area contributed by atoms with Crippen LogP contribution in [0, 0.1) is 0 Å². The summed E-state index contributed by atoms with van der Waals surface area (Å²) in [6.45, 7) is 12.3. The highest BCUT2D eigenvalue weighted by Crippen LogP contribution is 2.35. The number of para-hydroxylation sites is 2. The number of aromatic nitrogens is 1. The van der Waals surface area contributed by atoms with Gasteiger partial charge in [-0.15, -0.1) is 0 Å². The van der Waals surface area contributed by atoms with Gasteiger partial charge in [0.2, 0.25) is 0 Å². The van der Waals surface area contributed by atoms with Crippen LogP contribution in [0.5, 0.6) is 5.75 Å². The second kappa shape index (κ2) is 10.7. The molecule has 3 nitrogen and oxygen atoms in total. The maximum absolute atomic E-state index is 5.44. The molecule has 0 aliphatic heterocycles. The van der Waals surface area contributed by atoms with Crippen molar-refractivity contribution in [2.45, 2.75) is 47.1 Å². The molecule has 0 bridgehead atoms. The Labute approximate surface area is 142 Å². The molecule has 0 atom stereocenters. The summed E-state index contributed by atoms with van der Waals surface area (Å²) < 4.78 is 5.44. The first-order valence-electron chi connectivity index (χ1n) is 8.35. The van der Waals surface area contributed by atoms with Crippen molar-refractivity contribution in [3.8, 4) is 5.75 Å². The van der Waals surface area contributed by atoms with Gasteiger partial charge in [0.1, 0.15) is 5.75 Å². The van der Waals surface area contributed by atoms with Crippen LogP contribution < -0.4 is 9.64 Å². The van der Waals surface area contributed by atoms with Crippen molar-refractivity contribution in [1.82, 2.24) is 4.98 Å². The van der Waals surface area contributed by atoms with Gasteiger partial charge in [0.15, 0.2) is 0 Å². The van der Waals surface area contributed by atoms with E-state index < -0.39 is 0 Å². The molecule has 1 aromatic heterocycles. The van der Waals surface area contributed by atoms with E-state index in [0.717, 1.165) is 17.1 Å². The van der Waals surface area contributed by atoms with E-state index >= 15 is 0 Å². The minimum atomic E-state index is -0.212. The lowest BCUT2D eigenvalue weighted by Gasteiger charge is -2.37. The van der Waals surface area contributed by atoms with E-state index in [-0.39, 0.29) is 5.54 Å². The summed E-state index contributed by atoms with van der Waals surface area (Å²) in [6, 6.07) is 14.0. The quantitative estimate of drug-likeness (QED) is 0.743. The van der Waals surface area contributed by atoms with Crippen LogP contribution in [0.25, 0.3) is 0 Å². The molecule has 0 amide bonds. The highest BCUT2D eigenvalue weighted by atomic mass is 16.5. The van der Waals surface area contributed by atoms with Gasteiger partial charge in [-0.1, -0.05) is 45.9 Å². The topological polar surface area (TPSA) is 25.4 Å². The number of rotatable bonds is 4. The first-order valence-corrected chi connectivity index (χ1v) is 8.35. The third-order valence-electron chi connectivity index (χ3n) is 3.58. The molecule has 0 saturated carbocycles. The Morgan fingerprint density at radius 3 is 2.00 bits per heavy atom. The summed E-state index contributed by atoms with van der Waals surface area (Å²) in [7, 11) is 3.76. The van der Waals surface area contributed by atoms with Gasteiger partial charge in [-0.3, -0.25) is 4.98 Å². The molecular weight excluding hydrogens is 284 g/mol. The Kier molecular flexibility index (Phi) is 9.71. The van der Waals surface area contributed by atoms with Crippen LogP contribution in [0.15, 0.2) is 48.7 Å². The van der Waals surface area contributed by atoms with Gasteiger partial charge >= 0.3 is 0 Å². The lowest BCUT2D eigenvalue weighted by atomic mass is 9.97. The van der Waals surface area contributed by atoms with Gasteiger partial charge in [0, 0.05) is 13.2 Å². The number of hydrogen-bond acceptors (Lipinski definition) is 3. The van der Waals surface area contributed by atoms with Crippen molar-refractivity contribution in [3.63, 3.8) is 0 Å². The Morgan fingerprint density at radius 1 is 0.913 bits per heavy atom. The van der Waals surface area contributed by atoms with Crippen LogP contribution in [0.3, 0.4) is 0 Å². The second-order valence-electron chi connectivity index (χ2n) is 5.00. The highest BCUT2D eigenvalue weighted by molar-refractivity contribution is 5.60. The smallest absolute Gasteiger partial charge is 0.142 e. The lowest BCUT2D eigenvalue weighted by Crippen LogP contribution is -2.39. The van der Waals surface area contributed by atoms with Gasteiger partial charge in [-0.05, 0) is 38.1 Å². The zero-order valence-corrected chi connectivity index (χ0v) is 15.9. The molecule has 0 unspecified atom stereocenters. The molecule has 128 valence electrons. The number of benzene rings is 1. The normalized spacial score (nSPS) is 9.74. The Hall–Kier alpha value is -2.03. The van der Waals surface area contributed by atoms with Gasteiger partial charge in [0.25, 0.3) is 0 Å². The number of pyridine rings is 1. The highest BCUT2D eigenvalue weighted by Gasteiger charge is 2.28. The number of methoxy groups -OCH3 is 1. The summed E-state index contributed by atoms with van der Waals surface area (Å²) in [5, 5.41) is 0. The largest absolute Gasteiger partial charge is 0.495 e. The standard InChI is InChI=1S/C16H20N2O.2C2H6/c1-16(2,15-11-7-8-12-17-15)18(3)13-9-5-6-10-14(13)19-4;2*1-2/h5-12H,1-4H3;2*1-2H3. The van der Waals surface area contributed by atoms with Crippen LogP contribution in [0.1, 0.15) is 47.2 Å². The van der Waals surface area contributed by atoms with Gasteiger partial charge in [-0.2, -0.15) is 0 Å². The van der Waals surface area contributed by atoms with Crippen LogP contribution in [0.4, 0.5) is 5.69 Å². The SMILES string of the molecule is CC.CC.COc1ccccc1N(C)C(C)(C)c1ccccn1. The van der Waals surface area contributed by atoms with Crippen molar-refractivity contribution in [1.29, 1.82) is 0 Å². The van der Waals surface area contributed by atoms with Crippen molar-refractivity contribution >= 4 is 5.69 Å². The fraction of sp³-hybridized carbons (Fsp3) is 0.450. The van der Waals surface area contributed by atoms with Crippen LogP contribution in [-0.4, -0.2) is 19.1 Å². The van der Waals surface area contributed by atoms with E-state index in [1.54, 1.807) is 7.11 Å². The van der Waals surface area contributed by atoms with Crippen molar-refractivity contribution < 1.29 is 4.74 Å². The molecular formula is C20H32N2O. The number of nitrogens with zero attached hydrogens (tertiary/aromatic N) is 2. The zero-order chi connectivity index (χ0) is 17.9. The minimum Gasteiger partial charge on any atom is -0.495 e. The first-order chi connectivity index (χ1) is 11.1. The summed E-state index contributed by atoms with van der Waals surface area (Å²) >= 11 is 0. The van der Waals surface area contributed by atoms with E-state index in [1.807, 2.05) is 70.3 Å². The first kappa shape index (κ1) is 21.0. The predicted molar refractivity (Wildman–Crippen MR) is 101 cm³/mol. The zero-order valence-electron chi connectivity index (χ0n) is 15.9. The molecule has 1 aromatic carbocycles. The maximum Gasteiger partial charge on any atom is 0.142 e. The summed E-state index contributed by atoms with van der Waals surface area (Å²) in [5.74, 6) is 0.869. The average molecular weight is 316 g/mol. The molecule has 0 fully saturated rings. The number of ether oxygens (including phenoxy) is 1. The third kappa shape index (κ3) is 5.27. The summed E-state index contributed by atoms with van der Waals surface area (Å²) in [4.78, 5) is 6.66. The van der Waals surface area contributed by atoms with Crippen molar-refractivity contribution in [2.75, 3.05) is 19.1 Å². The Bertz CT molecular complexity index is 538. The molecule has 3 heteroatoms. The molecule has 0 radical (unpaired) electrons. The number of hydrogen-bond donors (Lipinski definition) is 0. The Balaban J connectivity index is 0.00000112. The molecule has 23 heavy (non-hydrogen) atoms. The molecule has 1 heterocycles. The molecule has 0 spiro atoms. The van der Waals surface area contributed by atoms with Gasteiger partial charge < -0.3 is 9.64 Å². The summed E-state index contributed by atoms with van der Waals surface area (Å²) in [5.41, 5.74) is 1.87. The fourth-order valence-corrected chi connectivity index (χ4v) is 2.10. The predicted octanol–water partition coefficient (Wildman–Crippen LogP) is 5.51. The molecule has 0 saturated heterocycles. The van der Waals surface area contributed by atoms with E-state index in [1.165, 1.54) is 0 Å². The minimum absolute atomic E-state index is 0.212. The van der Waals surface area contributed by atoms with Crippen LogP contribution in [-0.2, 0) is 5.54 Å². The molecule has 0 aliphatic rings. The molecule has 2 aromatic rings. The van der Waals surface area contributed by atoms with E-state index in [0.29, 0.717) is 0 Å². The second-order valence-corrected chi connectivity index (χ2v) is 5.00. The van der Waals surface area contributed by atoms with Crippen molar-refractivity contribution in [3.05, 3.63) is 54.4 Å². The monoisotopic (exact) mass is 316 g/mol. The average Bonchev–Trinajstić information content (AvgIpc) is 2.65. The maximum atomic E-state index is 5.44. The van der Waals surface area contributed by atoms with Gasteiger partial charge in [0.05, 0.1) is 24.0 Å². The van der Waals surface area contributed by atoms with E-state index in [4.69, 9.17) is 4.74 Å². The summed E-state index contributed by atoms with van der Waals surface area (Å²) in [6.07, 6.45) is 1.83. The van der Waals surface area contributed by atoms with E-state index in [2.05, 4.69) is 36.8 Å². The van der Waals surface area contributed by atoms with Crippen LogP contribution >= 0.6 is 0 Å². The Morgan fingerprint density at radius 2 is 1.48 bits per heavy atom. The van der Waals surface area contributed by atoms with Crippen LogP contribution in [0.2, 0.25) is 0 Å².